The van der Waals surface area contributed by atoms with Gasteiger partial charge in [0.15, 0.2) is 0 Å². The molecule has 0 bridgehead atoms. The number of ether oxygens (including phenoxy) is 1. The number of benzene rings is 1. The fraction of sp³-hybridized carbons (Fsp3) is 0.214. The van der Waals surface area contributed by atoms with Gasteiger partial charge in [-0.15, -0.1) is 13.2 Å². The van der Waals surface area contributed by atoms with Crippen LogP contribution in [-0.4, -0.2) is 29.1 Å². The Bertz CT molecular complexity index is 743. The van der Waals surface area contributed by atoms with Crippen LogP contribution in [0.25, 0.3) is 0 Å². The van der Waals surface area contributed by atoms with Gasteiger partial charge >= 0.3 is 11.4 Å². The molecule has 6 nitrogen and oxygen atoms in total. The van der Waals surface area contributed by atoms with E-state index in [1.54, 1.807) is 0 Å². The summed E-state index contributed by atoms with van der Waals surface area (Å²) in [5.41, 5.74) is 0.589. The van der Waals surface area contributed by atoms with E-state index in [0.29, 0.717) is 5.56 Å². The number of nitrogens with zero attached hydrogens (tertiary/aromatic N) is 2. The van der Waals surface area contributed by atoms with Crippen LogP contribution in [0.1, 0.15) is 15.2 Å². The molecular formula is C14H11F3N2O4S. The summed E-state index contributed by atoms with van der Waals surface area (Å²) in [7, 11) is 1.49. The molecule has 1 aromatic carbocycles. The summed E-state index contributed by atoms with van der Waals surface area (Å²) in [6, 6.07) is 7.72. The molecule has 128 valence electrons. The lowest BCUT2D eigenvalue weighted by atomic mass is 10.2. The third kappa shape index (κ3) is 4.69. The van der Waals surface area contributed by atoms with Crippen LogP contribution < -0.4 is 4.74 Å². The molecular weight excluding hydrogens is 349 g/mol. The minimum absolute atomic E-state index is 0.136. The van der Waals surface area contributed by atoms with Gasteiger partial charge in [-0.1, -0.05) is 23.5 Å². The normalized spacial score (nSPS) is 11.2. The highest BCUT2D eigenvalue weighted by Crippen LogP contribution is 2.26. The van der Waals surface area contributed by atoms with E-state index in [0.717, 1.165) is 23.5 Å². The van der Waals surface area contributed by atoms with Crippen molar-refractivity contribution in [3.8, 4) is 5.75 Å². The summed E-state index contributed by atoms with van der Waals surface area (Å²) < 4.78 is 40.0. The lowest BCUT2D eigenvalue weighted by Gasteiger charge is -2.16. The second-order valence-electron chi connectivity index (χ2n) is 4.75. The van der Waals surface area contributed by atoms with E-state index in [-0.39, 0.29) is 22.2 Å². The average Bonchev–Trinajstić information content (AvgIpc) is 2.97. The molecule has 0 spiro atoms. The summed E-state index contributed by atoms with van der Waals surface area (Å²) in [4.78, 5) is 23.7. The van der Waals surface area contributed by atoms with Crippen molar-refractivity contribution in [2.24, 2.45) is 0 Å². The fourth-order valence-electron chi connectivity index (χ4n) is 1.87. The maximum atomic E-state index is 12.2. The van der Waals surface area contributed by atoms with Crippen molar-refractivity contribution in [2.45, 2.75) is 12.9 Å². The van der Waals surface area contributed by atoms with Crippen LogP contribution in [0.4, 0.5) is 18.2 Å². The molecule has 0 saturated carbocycles. The van der Waals surface area contributed by atoms with E-state index in [2.05, 4.69) is 4.74 Å². The van der Waals surface area contributed by atoms with Crippen LogP contribution in [0, 0.1) is 10.1 Å². The Kier molecular flexibility index (Phi) is 5.07. The molecule has 0 aliphatic heterocycles. The third-order valence-corrected chi connectivity index (χ3v) is 3.93. The third-order valence-electron chi connectivity index (χ3n) is 2.91. The van der Waals surface area contributed by atoms with Gasteiger partial charge in [0.2, 0.25) is 0 Å². The smallest absolute Gasteiger partial charge is 0.406 e. The van der Waals surface area contributed by atoms with Gasteiger partial charge in [0.1, 0.15) is 5.75 Å². The van der Waals surface area contributed by atoms with Gasteiger partial charge in [0.05, 0.1) is 9.80 Å². The number of carbonyl (C=O) groups excluding carboxylic acids is 1. The molecule has 1 amide bonds. The van der Waals surface area contributed by atoms with Crippen LogP contribution >= 0.6 is 11.3 Å². The van der Waals surface area contributed by atoms with Gasteiger partial charge in [0, 0.05) is 19.7 Å². The van der Waals surface area contributed by atoms with Crippen molar-refractivity contribution < 1.29 is 27.6 Å². The number of nitro groups is 1. The Morgan fingerprint density at radius 3 is 2.38 bits per heavy atom. The van der Waals surface area contributed by atoms with Crippen molar-refractivity contribution in [2.75, 3.05) is 7.05 Å². The highest BCUT2D eigenvalue weighted by Gasteiger charge is 2.31. The van der Waals surface area contributed by atoms with Gasteiger partial charge in [-0.2, -0.15) is 0 Å². The predicted octanol–water partition coefficient (Wildman–Crippen LogP) is 3.83. The van der Waals surface area contributed by atoms with Gasteiger partial charge < -0.3 is 9.64 Å². The van der Waals surface area contributed by atoms with Crippen LogP contribution in [0.5, 0.6) is 5.75 Å². The Labute approximate surface area is 138 Å². The van der Waals surface area contributed by atoms with Crippen molar-refractivity contribution in [1.82, 2.24) is 4.90 Å². The van der Waals surface area contributed by atoms with E-state index >= 15 is 0 Å². The van der Waals surface area contributed by atoms with Gasteiger partial charge in [-0.05, 0) is 23.8 Å². The molecule has 0 aliphatic rings. The lowest BCUT2D eigenvalue weighted by molar-refractivity contribution is -0.380. The SMILES string of the molecule is CN(Cc1ccc(OC(F)(F)F)cc1)C(=O)c1ccc([N+](=O)[O-])s1. The summed E-state index contributed by atoms with van der Waals surface area (Å²) in [5, 5.41) is 10.5. The Balaban J connectivity index is 2.01. The molecule has 0 atom stereocenters. The maximum absolute atomic E-state index is 12.2. The number of hydrogen-bond donors (Lipinski definition) is 0. The Morgan fingerprint density at radius 1 is 1.25 bits per heavy atom. The molecule has 0 saturated heterocycles. The predicted molar refractivity (Wildman–Crippen MR) is 79.9 cm³/mol. The van der Waals surface area contributed by atoms with Gasteiger partial charge in [-0.25, -0.2) is 0 Å². The van der Waals surface area contributed by atoms with Crippen molar-refractivity contribution in [3.63, 3.8) is 0 Å². The Morgan fingerprint density at radius 2 is 1.88 bits per heavy atom. The summed E-state index contributed by atoms with van der Waals surface area (Å²) >= 11 is 0.761. The molecule has 0 aliphatic carbocycles. The monoisotopic (exact) mass is 360 g/mol. The van der Waals surface area contributed by atoms with Gasteiger partial charge in [0.25, 0.3) is 5.91 Å². The summed E-state index contributed by atoms with van der Waals surface area (Å²) in [6.45, 7) is 0.136. The first kappa shape index (κ1) is 17.7. The topological polar surface area (TPSA) is 72.7 Å². The summed E-state index contributed by atoms with van der Waals surface area (Å²) in [6.07, 6.45) is -4.76. The zero-order chi connectivity index (χ0) is 17.9. The number of thiophene rings is 1. The highest BCUT2D eigenvalue weighted by molar-refractivity contribution is 7.17. The molecule has 2 rings (SSSR count). The van der Waals surface area contributed by atoms with Crippen molar-refractivity contribution >= 4 is 22.2 Å². The molecule has 1 aromatic heterocycles. The highest BCUT2D eigenvalue weighted by atomic mass is 32.1. The number of amides is 1. The number of halogens is 3. The zero-order valence-electron chi connectivity index (χ0n) is 12.2. The average molecular weight is 360 g/mol. The largest absolute Gasteiger partial charge is 0.573 e. The fourth-order valence-corrected chi connectivity index (χ4v) is 2.69. The standard InChI is InChI=1S/C14H11F3N2O4S/c1-18(13(20)11-6-7-12(24-11)19(21)22)8-9-2-4-10(5-3-9)23-14(15,16)17/h2-7H,8H2,1H3. The van der Waals surface area contributed by atoms with Crippen molar-refractivity contribution in [3.05, 3.63) is 57.0 Å². The molecule has 0 unspecified atom stereocenters. The zero-order valence-corrected chi connectivity index (χ0v) is 13.1. The maximum Gasteiger partial charge on any atom is 0.573 e. The van der Waals surface area contributed by atoms with E-state index in [1.807, 2.05) is 0 Å². The quantitative estimate of drug-likeness (QED) is 0.600. The second-order valence-corrected chi connectivity index (χ2v) is 5.81. The van der Waals surface area contributed by atoms with Crippen LogP contribution in [0.2, 0.25) is 0 Å². The van der Waals surface area contributed by atoms with E-state index in [4.69, 9.17) is 0 Å². The first-order valence-corrected chi connectivity index (χ1v) is 7.32. The number of carbonyl (C=O) groups is 1. The van der Waals surface area contributed by atoms with E-state index in [1.165, 1.54) is 36.2 Å². The van der Waals surface area contributed by atoms with E-state index in [9.17, 15) is 28.1 Å². The first-order valence-electron chi connectivity index (χ1n) is 6.50. The van der Waals surface area contributed by atoms with Crippen LogP contribution in [0.15, 0.2) is 36.4 Å². The molecule has 1 heterocycles. The Hall–Kier alpha value is -2.62. The lowest BCUT2D eigenvalue weighted by Crippen LogP contribution is -2.25. The van der Waals surface area contributed by atoms with Crippen molar-refractivity contribution in [1.29, 1.82) is 0 Å². The minimum atomic E-state index is -4.76. The van der Waals surface area contributed by atoms with Gasteiger partial charge in [-0.3, -0.25) is 14.9 Å². The summed E-state index contributed by atoms with van der Waals surface area (Å²) in [5.74, 6) is -0.766. The second kappa shape index (κ2) is 6.87. The molecule has 24 heavy (non-hydrogen) atoms. The molecule has 2 aromatic rings. The minimum Gasteiger partial charge on any atom is -0.406 e. The van der Waals surface area contributed by atoms with Crippen LogP contribution in [0.3, 0.4) is 0 Å². The molecule has 10 heteroatoms. The number of rotatable bonds is 5. The first-order chi connectivity index (χ1) is 11.2. The molecule has 0 N–H and O–H groups in total. The number of alkyl halides is 3. The van der Waals surface area contributed by atoms with E-state index < -0.39 is 17.2 Å². The molecule has 0 radical (unpaired) electrons. The van der Waals surface area contributed by atoms with Crippen LogP contribution in [-0.2, 0) is 6.54 Å². The number of hydrogen-bond acceptors (Lipinski definition) is 5. The molecule has 0 fully saturated rings.